The van der Waals surface area contributed by atoms with Crippen molar-refractivity contribution < 1.29 is 32.2 Å². The molecule has 204 valence electrons. The number of nitrogens with zero attached hydrogens (tertiary/aromatic N) is 5. The van der Waals surface area contributed by atoms with Crippen LogP contribution in [0.5, 0.6) is 17.2 Å². The third kappa shape index (κ3) is 6.96. The Morgan fingerprint density at radius 2 is 1.64 bits per heavy atom. The molecule has 0 spiro atoms. The zero-order valence-corrected chi connectivity index (χ0v) is 22.1. The number of benzene rings is 2. The maximum atomic E-state index is 13.4. The molecule has 10 nitrogen and oxygen atoms in total. The largest absolute Gasteiger partial charge is 0.573 e. The second-order valence-electron chi connectivity index (χ2n) is 8.08. The van der Waals surface area contributed by atoms with Crippen molar-refractivity contribution >= 4 is 23.4 Å². The minimum Gasteiger partial charge on any atom is -0.497 e. The average Bonchev–Trinajstić information content (AvgIpc) is 3.30. The third-order valence-corrected chi connectivity index (χ3v) is 6.11. The van der Waals surface area contributed by atoms with E-state index in [1.54, 1.807) is 18.2 Å². The number of thioether (sulfide) groups is 1. The van der Waals surface area contributed by atoms with Gasteiger partial charge in [-0.15, -0.1) is 18.3 Å². The Hall–Kier alpha value is -4.33. The van der Waals surface area contributed by atoms with Crippen LogP contribution in [0.25, 0.3) is 5.69 Å². The van der Waals surface area contributed by atoms with E-state index in [0.29, 0.717) is 33.7 Å². The predicted molar refractivity (Wildman–Crippen MR) is 137 cm³/mol. The van der Waals surface area contributed by atoms with Gasteiger partial charge < -0.3 is 19.5 Å². The van der Waals surface area contributed by atoms with Crippen LogP contribution in [-0.4, -0.2) is 51.5 Å². The summed E-state index contributed by atoms with van der Waals surface area (Å²) in [4.78, 5) is 22.2. The zero-order valence-electron chi connectivity index (χ0n) is 21.2. The summed E-state index contributed by atoms with van der Waals surface area (Å²) in [5.41, 5.74) is 2.63. The number of rotatable bonds is 9. The van der Waals surface area contributed by atoms with Crippen molar-refractivity contribution in [2.45, 2.75) is 31.1 Å². The SMILES string of the molecule is COc1ccc(OC)c(NC(=O)c2nnn(-c3ccc(OC(F)(F)F)cc3)c2CSc2nc(C)cc(C)n2)c1. The van der Waals surface area contributed by atoms with Crippen molar-refractivity contribution in [1.82, 2.24) is 25.0 Å². The van der Waals surface area contributed by atoms with Crippen LogP contribution in [0.2, 0.25) is 0 Å². The standard InChI is InChI=1S/C25H23F3N6O4S/c1-14-11-15(2)30-24(29-14)39-13-20-22(23(35)31-19-12-18(36-3)9-10-21(19)37-4)32-33-34(20)16-5-7-17(8-6-16)38-25(26,27)28/h5-12H,13H2,1-4H3,(H,31,35). The van der Waals surface area contributed by atoms with Crippen molar-refractivity contribution in [2.24, 2.45) is 0 Å². The summed E-state index contributed by atoms with van der Waals surface area (Å²) in [5.74, 6) is 0.0973. The number of amides is 1. The number of hydrogen-bond donors (Lipinski definition) is 1. The normalized spacial score (nSPS) is 11.3. The molecule has 1 N–H and O–H groups in total. The Bertz CT molecular complexity index is 1460. The van der Waals surface area contributed by atoms with Gasteiger partial charge in [0, 0.05) is 23.2 Å². The Balaban J connectivity index is 1.69. The number of nitrogens with one attached hydrogen (secondary N) is 1. The molecule has 0 aliphatic heterocycles. The van der Waals surface area contributed by atoms with Gasteiger partial charge in [-0.1, -0.05) is 17.0 Å². The zero-order chi connectivity index (χ0) is 28.2. The van der Waals surface area contributed by atoms with E-state index in [2.05, 4.69) is 30.3 Å². The number of carbonyl (C=O) groups excluding carboxylic acids is 1. The van der Waals surface area contributed by atoms with Crippen LogP contribution in [-0.2, 0) is 5.75 Å². The van der Waals surface area contributed by atoms with Gasteiger partial charge in [0.1, 0.15) is 17.2 Å². The van der Waals surface area contributed by atoms with Gasteiger partial charge in [0.25, 0.3) is 5.91 Å². The van der Waals surface area contributed by atoms with Gasteiger partial charge in [0.2, 0.25) is 0 Å². The molecule has 2 aromatic carbocycles. The molecular weight excluding hydrogens is 537 g/mol. The monoisotopic (exact) mass is 560 g/mol. The van der Waals surface area contributed by atoms with Crippen molar-refractivity contribution in [3.63, 3.8) is 0 Å². The highest BCUT2D eigenvalue weighted by molar-refractivity contribution is 7.98. The maximum absolute atomic E-state index is 13.4. The Morgan fingerprint density at radius 1 is 0.974 bits per heavy atom. The molecule has 0 unspecified atom stereocenters. The fraction of sp³-hybridized carbons (Fsp3) is 0.240. The minimum atomic E-state index is -4.82. The highest BCUT2D eigenvalue weighted by Crippen LogP contribution is 2.31. The second kappa shape index (κ2) is 11.6. The summed E-state index contributed by atoms with van der Waals surface area (Å²) >= 11 is 1.26. The van der Waals surface area contributed by atoms with Crippen LogP contribution in [0.4, 0.5) is 18.9 Å². The second-order valence-corrected chi connectivity index (χ2v) is 9.02. The maximum Gasteiger partial charge on any atom is 0.573 e. The van der Waals surface area contributed by atoms with Crippen LogP contribution < -0.4 is 19.5 Å². The number of anilines is 1. The molecule has 0 atom stereocenters. The molecule has 1 amide bonds. The van der Waals surface area contributed by atoms with Gasteiger partial charge in [-0.25, -0.2) is 14.6 Å². The first kappa shape index (κ1) is 27.7. The van der Waals surface area contributed by atoms with E-state index in [9.17, 15) is 18.0 Å². The number of hydrogen-bond acceptors (Lipinski definition) is 9. The van der Waals surface area contributed by atoms with Gasteiger partial charge in [0.05, 0.1) is 31.3 Å². The molecule has 2 aromatic heterocycles. The fourth-order valence-electron chi connectivity index (χ4n) is 3.59. The Morgan fingerprint density at radius 3 is 2.26 bits per heavy atom. The molecule has 14 heteroatoms. The van der Waals surface area contributed by atoms with E-state index < -0.39 is 18.0 Å². The lowest BCUT2D eigenvalue weighted by atomic mass is 10.2. The molecule has 0 fully saturated rings. The van der Waals surface area contributed by atoms with Gasteiger partial charge in [-0.2, -0.15) is 0 Å². The van der Waals surface area contributed by atoms with E-state index in [4.69, 9.17) is 9.47 Å². The lowest BCUT2D eigenvalue weighted by Crippen LogP contribution is -2.17. The Kier molecular flexibility index (Phi) is 8.24. The molecule has 0 aliphatic rings. The van der Waals surface area contributed by atoms with E-state index in [0.717, 1.165) is 23.5 Å². The van der Waals surface area contributed by atoms with Crippen LogP contribution in [0.15, 0.2) is 53.7 Å². The van der Waals surface area contributed by atoms with Crippen LogP contribution in [0.1, 0.15) is 27.6 Å². The van der Waals surface area contributed by atoms with Crippen LogP contribution in [0.3, 0.4) is 0 Å². The summed E-state index contributed by atoms with van der Waals surface area (Å²) < 4.78 is 53.7. The summed E-state index contributed by atoms with van der Waals surface area (Å²) in [7, 11) is 2.96. The summed E-state index contributed by atoms with van der Waals surface area (Å²) in [6, 6.07) is 11.8. The van der Waals surface area contributed by atoms with E-state index >= 15 is 0 Å². The summed E-state index contributed by atoms with van der Waals surface area (Å²) in [6.45, 7) is 3.69. The molecule has 0 radical (unpaired) electrons. The fourth-order valence-corrected chi connectivity index (χ4v) is 4.53. The van der Waals surface area contributed by atoms with E-state index in [1.807, 2.05) is 19.9 Å². The molecule has 2 heterocycles. The summed E-state index contributed by atoms with van der Waals surface area (Å²) in [5, 5.41) is 11.4. The van der Waals surface area contributed by atoms with Crippen molar-refractivity contribution in [2.75, 3.05) is 19.5 Å². The highest BCUT2D eigenvalue weighted by atomic mass is 32.2. The quantitative estimate of drug-likeness (QED) is 0.220. The first-order chi connectivity index (χ1) is 18.6. The number of carbonyl (C=O) groups is 1. The topological polar surface area (TPSA) is 113 Å². The molecule has 4 aromatic rings. The molecule has 0 saturated heterocycles. The molecule has 4 rings (SSSR count). The third-order valence-electron chi connectivity index (χ3n) is 5.25. The van der Waals surface area contributed by atoms with E-state index in [1.165, 1.54) is 42.8 Å². The molecule has 39 heavy (non-hydrogen) atoms. The van der Waals surface area contributed by atoms with Crippen molar-refractivity contribution in [3.8, 4) is 22.9 Å². The smallest absolute Gasteiger partial charge is 0.497 e. The number of aryl methyl sites for hydroxylation is 2. The Labute approximate surface area is 225 Å². The molecule has 0 saturated carbocycles. The first-order valence-corrected chi connectivity index (χ1v) is 12.3. The van der Waals surface area contributed by atoms with Crippen molar-refractivity contribution in [1.29, 1.82) is 0 Å². The molecule has 0 aliphatic carbocycles. The van der Waals surface area contributed by atoms with E-state index in [-0.39, 0.29) is 11.4 Å². The van der Waals surface area contributed by atoms with Gasteiger partial charge >= 0.3 is 6.36 Å². The minimum absolute atomic E-state index is 0.00707. The number of methoxy groups -OCH3 is 2. The predicted octanol–water partition coefficient (Wildman–Crippen LogP) is 5.13. The number of halogens is 3. The highest BCUT2D eigenvalue weighted by Gasteiger charge is 2.31. The first-order valence-electron chi connectivity index (χ1n) is 11.4. The van der Waals surface area contributed by atoms with Gasteiger partial charge in [-0.3, -0.25) is 4.79 Å². The number of alkyl halides is 3. The lowest BCUT2D eigenvalue weighted by molar-refractivity contribution is -0.274. The molecule has 0 bridgehead atoms. The molecular formula is C25H23F3N6O4S. The number of ether oxygens (including phenoxy) is 3. The average molecular weight is 561 g/mol. The van der Waals surface area contributed by atoms with Crippen LogP contribution >= 0.6 is 11.8 Å². The van der Waals surface area contributed by atoms with Crippen molar-refractivity contribution in [3.05, 3.63) is 71.3 Å². The lowest BCUT2D eigenvalue weighted by Gasteiger charge is -2.12. The van der Waals surface area contributed by atoms with Gasteiger partial charge in [0.15, 0.2) is 10.9 Å². The van der Waals surface area contributed by atoms with Crippen LogP contribution in [0, 0.1) is 13.8 Å². The summed E-state index contributed by atoms with van der Waals surface area (Å²) in [6.07, 6.45) is -4.82. The number of aromatic nitrogens is 5. The van der Waals surface area contributed by atoms with Gasteiger partial charge in [-0.05, 0) is 56.3 Å².